The molecule has 0 amide bonds. The van der Waals surface area contributed by atoms with Gasteiger partial charge < -0.3 is 10.6 Å². The summed E-state index contributed by atoms with van der Waals surface area (Å²) in [5.74, 6) is 0.448. The van der Waals surface area contributed by atoms with Crippen LogP contribution in [0.1, 0.15) is 18.7 Å². The maximum absolute atomic E-state index is 11.3. The molecule has 94 valence electrons. The van der Waals surface area contributed by atoms with E-state index < -0.39 is 9.84 Å². The van der Waals surface area contributed by atoms with Crippen LogP contribution in [0.15, 0.2) is 18.3 Å². The van der Waals surface area contributed by atoms with E-state index in [0.717, 1.165) is 11.4 Å². The Morgan fingerprint density at radius 1 is 1.35 bits per heavy atom. The molecule has 6 heteroatoms. The molecule has 0 aliphatic carbocycles. The fourth-order valence-electron chi connectivity index (χ4n) is 1.82. The highest BCUT2D eigenvalue weighted by molar-refractivity contribution is 7.91. The first kappa shape index (κ1) is 12.3. The van der Waals surface area contributed by atoms with Gasteiger partial charge in [-0.25, -0.2) is 8.42 Å². The zero-order valence-corrected chi connectivity index (χ0v) is 10.7. The normalized spacial score (nSPS) is 21.2. The van der Waals surface area contributed by atoms with E-state index in [1.54, 1.807) is 6.20 Å². The molecule has 0 bridgehead atoms. The van der Waals surface area contributed by atoms with Crippen molar-refractivity contribution < 1.29 is 8.42 Å². The van der Waals surface area contributed by atoms with Crippen LogP contribution in [0.5, 0.6) is 0 Å². The molecule has 1 fully saturated rings. The van der Waals surface area contributed by atoms with Gasteiger partial charge in [-0.3, -0.25) is 4.98 Å². The molecular formula is C11H17N3O2S. The number of nitrogens with zero attached hydrogens (tertiary/aromatic N) is 2. The monoisotopic (exact) mass is 255 g/mol. The van der Waals surface area contributed by atoms with Crippen molar-refractivity contribution in [2.75, 3.05) is 29.5 Å². The lowest BCUT2D eigenvalue weighted by atomic mass is 10.2. The second-order valence-electron chi connectivity index (χ2n) is 4.37. The topological polar surface area (TPSA) is 76.3 Å². The number of aromatic nitrogens is 1. The largest absolute Gasteiger partial charge is 0.368 e. The Morgan fingerprint density at radius 2 is 2.00 bits per heavy atom. The van der Waals surface area contributed by atoms with Crippen molar-refractivity contribution in [2.24, 2.45) is 5.73 Å². The van der Waals surface area contributed by atoms with E-state index in [4.69, 9.17) is 5.73 Å². The molecule has 0 spiro atoms. The lowest BCUT2D eigenvalue weighted by molar-refractivity contribution is 0.586. The first-order chi connectivity index (χ1) is 7.98. The van der Waals surface area contributed by atoms with Gasteiger partial charge in [0.25, 0.3) is 0 Å². The lowest BCUT2D eigenvalue weighted by Gasteiger charge is -2.28. The van der Waals surface area contributed by atoms with Crippen molar-refractivity contribution >= 4 is 15.5 Å². The second kappa shape index (κ2) is 4.62. The molecule has 1 aromatic heterocycles. The summed E-state index contributed by atoms with van der Waals surface area (Å²) in [5, 5.41) is 0. The van der Waals surface area contributed by atoms with Crippen LogP contribution < -0.4 is 10.6 Å². The van der Waals surface area contributed by atoms with Gasteiger partial charge in [0.1, 0.15) is 0 Å². The van der Waals surface area contributed by atoms with Crippen LogP contribution in [0.4, 0.5) is 5.69 Å². The van der Waals surface area contributed by atoms with Gasteiger partial charge in [-0.1, -0.05) is 0 Å². The highest BCUT2D eigenvalue weighted by Crippen LogP contribution is 2.17. The Labute approximate surface area is 102 Å². The summed E-state index contributed by atoms with van der Waals surface area (Å²) in [6, 6.07) is 3.76. The molecule has 0 saturated carbocycles. The highest BCUT2D eigenvalue weighted by atomic mass is 32.2. The number of anilines is 1. The van der Waals surface area contributed by atoms with Gasteiger partial charge >= 0.3 is 0 Å². The predicted octanol–water partition coefficient (Wildman–Crippen LogP) is 0.336. The van der Waals surface area contributed by atoms with Gasteiger partial charge in [0.2, 0.25) is 0 Å². The number of nitrogens with two attached hydrogens (primary N) is 1. The molecule has 1 aliphatic heterocycles. The van der Waals surface area contributed by atoms with Crippen LogP contribution in [0.2, 0.25) is 0 Å². The van der Waals surface area contributed by atoms with Crippen LogP contribution >= 0.6 is 0 Å². The molecule has 2 rings (SSSR count). The van der Waals surface area contributed by atoms with E-state index in [1.165, 1.54) is 0 Å². The van der Waals surface area contributed by atoms with Gasteiger partial charge in [0.15, 0.2) is 9.84 Å². The quantitative estimate of drug-likeness (QED) is 0.824. The van der Waals surface area contributed by atoms with Crippen LogP contribution in [0.3, 0.4) is 0 Å². The number of sulfone groups is 1. The van der Waals surface area contributed by atoms with E-state index in [1.807, 2.05) is 24.0 Å². The van der Waals surface area contributed by atoms with E-state index >= 15 is 0 Å². The average molecular weight is 255 g/mol. The first-order valence-corrected chi connectivity index (χ1v) is 7.47. The van der Waals surface area contributed by atoms with Gasteiger partial charge in [0, 0.05) is 19.1 Å². The zero-order valence-electron chi connectivity index (χ0n) is 9.83. The standard InChI is InChI=1S/C11H17N3O2S/c1-9(12)11-3-2-10(8-13-11)14-4-6-17(15,16)7-5-14/h2-3,8-9H,4-7,12H2,1H3/t9-/m0/s1. The Morgan fingerprint density at radius 3 is 2.47 bits per heavy atom. The third-order valence-electron chi connectivity index (χ3n) is 2.95. The van der Waals surface area contributed by atoms with Crippen molar-refractivity contribution in [3.05, 3.63) is 24.0 Å². The summed E-state index contributed by atoms with van der Waals surface area (Å²) in [6.07, 6.45) is 1.76. The molecule has 0 unspecified atom stereocenters. The van der Waals surface area contributed by atoms with Crippen LogP contribution in [0, 0.1) is 0 Å². The lowest BCUT2D eigenvalue weighted by Crippen LogP contribution is -2.40. The Kier molecular flexibility index (Phi) is 3.35. The van der Waals surface area contributed by atoms with Crippen LogP contribution in [0.25, 0.3) is 0 Å². The summed E-state index contributed by atoms with van der Waals surface area (Å²) < 4.78 is 22.6. The smallest absolute Gasteiger partial charge is 0.153 e. The fourth-order valence-corrected chi connectivity index (χ4v) is 3.03. The SMILES string of the molecule is C[C@H](N)c1ccc(N2CCS(=O)(=O)CC2)cn1. The molecule has 0 radical (unpaired) electrons. The highest BCUT2D eigenvalue weighted by Gasteiger charge is 2.21. The zero-order chi connectivity index (χ0) is 12.5. The number of hydrogen-bond acceptors (Lipinski definition) is 5. The van der Waals surface area contributed by atoms with Gasteiger partial charge in [-0.15, -0.1) is 0 Å². The summed E-state index contributed by atoms with van der Waals surface area (Å²) >= 11 is 0. The molecule has 2 heterocycles. The number of rotatable bonds is 2. The van der Waals surface area contributed by atoms with Crippen molar-refractivity contribution in [2.45, 2.75) is 13.0 Å². The fraction of sp³-hybridized carbons (Fsp3) is 0.545. The predicted molar refractivity (Wildman–Crippen MR) is 67.7 cm³/mol. The van der Waals surface area contributed by atoms with Gasteiger partial charge in [0.05, 0.1) is 29.1 Å². The van der Waals surface area contributed by atoms with E-state index in [2.05, 4.69) is 4.98 Å². The molecule has 0 aromatic carbocycles. The molecular weight excluding hydrogens is 238 g/mol. The maximum Gasteiger partial charge on any atom is 0.153 e. The minimum atomic E-state index is -2.83. The van der Waals surface area contributed by atoms with Crippen molar-refractivity contribution in [1.82, 2.24) is 4.98 Å². The summed E-state index contributed by atoms with van der Waals surface area (Å²) in [5.41, 5.74) is 7.53. The molecule has 1 aromatic rings. The molecule has 5 nitrogen and oxygen atoms in total. The summed E-state index contributed by atoms with van der Waals surface area (Å²) in [4.78, 5) is 6.31. The van der Waals surface area contributed by atoms with Crippen molar-refractivity contribution in [1.29, 1.82) is 0 Å². The Balaban J connectivity index is 2.09. The molecule has 1 saturated heterocycles. The molecule has 2 N–H and O–H groups in total. The third-order valence-corrected chi connectivity index (χ3v) is 4.56. The minimum Gasteiger partial charge on any atom is -0.368 e. The third kappa shape index (κ3) is 2.95. The number of pyridine rings is 1. The van der Waals surface area contributed by atoms with E-state index in [0.29, 0.717) is 13.1 Å². The number of hydrogen-bond donors (Lipinski definition) is 1. The van der Waals surface area contributed by atoms with Crippen molar-refractivity contribution in [3.8, 4) is 0 Å². The van der Waals surface area contributed by atoms with E-state index in [-0.39, 0.29) is 17.5 Å². The summed E-state index contributed by atoms with van der Waals surface area (Å²) in [7, 11) is -2.83. The van der Waals surface area contributed by atoms with E-state index in [9.17, 15) is 8.42 Å². The molecule has 1 aliphatic rings. The molecule has 1 atom stereocenters. The van der Waals surface area contributed by atoms with Gasteiger partial charge in [-0.05, 0) is 19.1 Å². The maximum atomic E-state index is 11.3. The Hall–Kier alpha value is -1.14. The molecule has 17 heavy (non-hydrogen) atoms. The summed E-state index contributed by atoms with van der Waals surface area (Å²) in [6.45, 7) is 2.97. The second-order valence-corrected chi connectivity index (χ2v) is 6.67. The minimum absolute atomic E-state index is 0.0780. The van der Waals surface area contributed by atoms with Crippen molar-refractivity contribution in [3.63, 3.8) is 0 Å². The van der Waals surface area contributed by atoms with Gasteiger partial charge in [-0.2, -0.15) is 0 Å². The van der Waals surface area contributed by atoms with Crippen LogP contribution in [-0.2, 0) is 9.84 Å². The average Bonchev–Trinajstić information content (AvgIpc) is 2.29. The Bertz CT molecular complexity index is 468. The first-order valence-electron chi connectivity index (χ1n) is 5.65. The van der Waals surface area contributed by atoms with Crippen LogP contribution in [-0.4, -0.2) is 38.0 Å².